The van der Waals surface area contributed by atoms with Crippen molar-refractivity contribution < 1.29 is 4.79 Å². The maximum atomic E-state index is 12.3. The topological polar surface area (TPSA) is 33.2 Å². The molecule has 0 radical (unpaired) electrons. The molecule has 0 spiro atoms. The smallest absolute Gasteiger partial charge is 0.255 e. The molecule has 92 valence electrons. The second-order valence-electron chi connectivity index (χ2n) is 4.34. The molecule has 0 atom stereocenters. The van der Waals surface area contributed by atoms with Gasteiger partial charge in [-0.05, 0) is 18.9 Å². The quantitative estimate of drug-likeness (QED) is 0.774. The molecule has 1 aliphatic carbocycles. The van der Waals surface area contributed by atoms with Crippen LogP contribution >= 0.6 is 23.2 Å². The Hall–Kier alpha value is -0.800. The van der Waals surface area contributed by atoms with Crippen LogP contribution in [-0.4, -0.2) is 28.9 Å². The third-order valence-corrected chi connectivity index (χ3v) is 3.75. The van der Waals surface area contributed by atoms with E-state index in [2.05, 4.69) is 4.98 Å². The van der Waals surface area contributed by atoms with E-state index in [4.69, 9.17) is 23.2 Å². The van der Waals surface area contributed by atoms with E-state index in [0.717, 1.165) is 12.8 Å². The molecule has 3 nitrogen and oxygen atoms in total. The van der Waals surface area contributed by atoms with Crippen molar-refractivity contribution >= 4 is 29.1 Å². The van der Waals surface area contributed by atoms with Crippen LogP contribution in [0.2, 0.25) is 10.2 Å². The molecule has 1 aromatic rings. The summed E-state index contributed by atoms with van der Waals surface area (Å²) in [6.07, 6.45) is 5.93. The molecule has 0 aliphatic heterocycles. The van der Waals surface area contributed by atoms with E-state index in [9.17, 15) is 4.79 Å². The third-order valence-electron chi connectivity index (χ3n) is 3.25. The SMILES string of the molecule is CN(C(=O)c1cc(Cl)ncc1Cl)C1CCCC1. The van der Waals surface area contributed by atoms with Crippen LogP contribution in [0.1, 0.15) is 36.0 Å². The zero-order chi connectivity index (χ0) is 12.4. The van der Waals surface area contributed by atoms with Gasteiger partial charge in [0.05, 0.1) is 10.6 Å². The van der Waals surface area contributed by atoms with E-state index in [1.165, 1.54) is 25.1 Å². The summed E-state index contributed by atoms with van der Waals surface area (Å²) in [6.45, 7) is 0. The number of carbonyl (C=O) groups is 1. The first-order valence-electron chi connectivity index (χ1n) is 5.68. The molecule has 0 bridgehead atoms. The number of aromatic nitrogens is 1. The molecule has 1 amide bonds. The van der Waals surface area contributed by atoms with Gasteiger partial charge in [-0.25, -0.2) is 4.98 Å². The first-order valence-corrected chi connectivity index (χ1v) is 6.43. The first-order chi connectivity index (χ1) is 8.09. The number of carbonyl (C=O) groups excluding carboxylic acids is 1. The van der Waals surface area contributed by atoms with Gasteiger partial charge in [0.1, 0.15) is 5.15 Å². The highest BCUT2D eigenvalue weighted by atomic mass is 35.5. The zero-order valence-electron chi connectivity index (χ0n) is 9.62. The highest BCUT2D eigenvalue weighted by Gasteiger charge is 2.25. The number of rotatable bonds is 2. The molecular weight excluding hydrogens is 259 g/mol. The lowest BCUT2D eigenvalue weighted by molar-refractivity contribution is 0.0735. The summed E-state index contributed by atoms with van der Waals surface area (Å²) in [5, 5.41) is 0.641. The largest absolute Gasteiger partial charge is 0.339 e. The van der Waals surface area contributed by atoms with Crippen LogP contribution in [0.4, 0.5) is 0 Å². The van der Waals surface area contributed by atoms with E-state index in [1.54, 1.807) is 4.90 Å². The molecule has 0 N–H and O–H groups in total. The van der Waals surface area contributed by atoms with Crippen molar-refractivity contribution in [1.82, 2.24) is 9.88 Å². The van der Waals surface area contributed by atoms with Gasteiger partial charge in [0, 0.05) is 19.3 Å². The van der Waals surface area contributed by atoms with Gasteiger partial charge in [-0.15, -0.1) is 0 Å². The second-order valence-corrected chi connectivity index (χ2v) is 5.14. The number of hydrogen-bond donors (Lipinski definition) is 0. The van der Waals surface area contributed by atoms with Gasteiger partial charge in [-0.1, -0.05) is 36.0 Å². The number of nitrogens with zero attached hydrogens (tertiary/aromatic N) is 2. The Labute approximate surface area is 111 Å². The van der Waals surface area contributed by atoms with E-state index < -0.39 is 0 Å². The van der Waals surface area contributed by atoms with Crippen molar-refractivity contribution in [2.24, 2.45) is 0 Å². The molecule has 1 fully saturated rings. The Morgan fingerprint density at radius 2 is 2.06 bits per heavy atom. The maximum Gasteiger partial charge on any atom is 0.255 e. The summed E-state index contributed by atoms with van der Waals surface area (Å²) in [5.41, 5.74) is 0.432. The monoisotopic (exact) mass is 272 g/mol. The normalized spacial score (nSPS) is 16.2. The predicted molar refractivity (Wildman–Crippen MR) is 68.6 cm³/mol. The van der Waals surface area contributed by atoms with Crippen molar-refractivity contribution in [3.8, 4) is 0 Å². The van der Waals surface area contributed by atoms with Crippen molar-refractivity contribution in [3.05, 3.63) is 28.0 Å². The van der Waals surface area contributed by atoms with Crippen molar-refractivity contribution in [2.75, 3.05) is 7.05 Å². The molecule has 0 aromatic carbocycles. The molecule has 1 saturated carbocycles. The van der Waals surface area contributed by atoms with E-state index in [-0.39, 0.29) is 11.1 Å². The Morgan fingerprint density at radius 3 is 2.71 bits per heavy atom. The second kappa shape index (κ2) is 5.23. The standard InChI is InChI=1S/C12H14Cl2N2O/c1-16(8-4-2-3-5-8)12(17)9-6-11(14)15-7-10(9)13/h6-8H,2-5H2,1H3. The van der Waals surface area contributed by atoms with Crippen LogP contribution in [0.3, 0.4) is 0 Å². The molecule has 5 heteroatoms. The average molecular weight is 273 g/mol. The van der Waals surface area contributed by atoms with Gasteiger partial charge < -0.3 is 4.90 Å². The van der Waals surface area contributed by atoms with E-state index in [1.807, 2.05) is 7.05 Å². The minimum absolute atomic E-state index is 0.0776. The fourth-order valence-corrected chi connectivity index (χ4v) is 2.57. The number of hydrogen-bond acceptors (Lipinski definition) is 2. The van der Waals surface area contributed by atoms with Crippen LogP contribution in [-0.2, 0) is 0 Å². The number of halogens is 2. The van der Waals surface area contributed by atoms with Gasteiger partial charge >= 0.3 is 0 Å². The first kappa shape index (κ1) is 12.7. The highest BCUT2D eigenvalue weighted by Crippen LogP contribution is 2.26. The molecule has 1 aromatic heterocycles. The molecule has 0 saturated heterocycles. The number of pyridine rings is 1. The molecule has 2 rings (SSSR count). The van der Waals surface area contributed by atoms with Crippen LogP contribution in [0, 0.1) is 0 Å². The molecule has 1 heterocycles. The van der Waals surface area contributed by atoms with Gasteiger partial charge in [0.25, 0.3) is 5.91 Å². The van der Waals surface area contributed by atoms with Gasteiger partial charge in [-0.2, -0.15) is 0 Å². The van der Waals surface area contributed by atoms with Crippen LogP contribution in [0.25, 0.3) is 0 Å². The average Bonchev–Trinajstić information content (AvgIpc) is 2.84. The van der Waals surface area contributed by atoms with Crippen LogP contribution < -0.4 is 0 Å². The van der Waals surface area contributed by atoms with Crippen molar-refractivity contribution in [1.29, 1.82) is 0 Å². The molecule has 1 aliphatic rings. The lowest BCUT2D eigenvalue weighted by Gasteiger charge is -2.24. The Bertz CT molecular complexity index is 431. The fourth-order valence-electron chi connectivity index (χ4n) is 2.22. The Kier molecular flexibility index (Phi) is 3.89. The summed E-state index contributed by atoms with van der Waals surface area (Å²) >= 11 is 11.8. The molecule has 0 unspecified atom stereocenters. The van der Waals surface area contributed by atoms with Crippen molar-refractivity contribution in [3.63, 3.8) is 0 Å². The number of amides is 1. The molecule has 17 heavy (non-hydrogen) atoms. The zero-order valence-corrected chi connectivity index (χ0v) is 11.1. The van der Waals surface area contributed by atoms with Crippen molar-refractivity contribution in [2.45, 2.75) is 31.7 Å². The summed E-state index contributed by atoms with van der Waals surface area (Å²) in [5.74, 6) is -0.0776. The van der Waals surface area contributed by atoms with Gasteiger partial charge in [0.2, 0.25) is 0 Å². The lowest BCUT2D eigenvalue weighted by Crippen LogP contribution is -2.35. The Balaban J connectivity index is 2.20. The van der Waals surface area contributed by atoms with E-state index in [0.29, 0.717) is 16.6 Å². The van der Waals surface area contributed by atoms with Gasteiger partial charge in [0.15, 0.2) is 0 Å². The minimum atomic E-state index is -0.0776. The minimum Gasteiger partial charge on any atom is -0.339 e. The van der Waals surface area contributed by atoms with Crippen LogP contribution in [0.5, 0.6) is 0 Å². The Morgan fingerprint density at radius 1 is 1.41 bits per heavy atom. The van der Waals surface area contributed by atoms with E-state index >= 15 is 0 Å². The summed E-state index contributed by atoms with van der Waals surface area (Å²) < 4.78 is 0. The summed E-state index contributed by atoms with van der Waals surface area (Å²) in [6, 6.07) is 1.85. The lowest BCUT2D eigenvalue weighted by atomic mass is 10.1. The third kappa shape index (κ3) is 2.72. The molecular formula is C12H14Cl2N2O. The van der Waals surface area contributed by atoms with Gasteiger partial charge in [-0.3, -0.25) is 4.79 Å². The summed E-state index contributed by atoms with van der Waals surface area (Å²) in [7, 11) is 1.82. The highest BCUT2D eigenvalue weighted by molar-refractivity contribution is 6.35. The maximum absolute atomic E-state index is 12.3. The summed E-state index contributed by atoms with van der Waals surface area (Å²) in [4.78, 5) is 17.9. The predicted octanol–water partition coefficient (Wildman–Crippen LogP) is 3.40. The van der Waals surface area contributed by atoms with Crippen LogP contribution in [0.15, 0.2) is 12.3 Å². The fraction of sp³-hybridized carbons (Fsp3) is 0.500.